The van der Waals surface area contributed by atoms with Crippen LogP contribution in [0.25, 0.3) is 50.2 Å². The van der Waals surface area contributed by atoms with E-state index in [4.69, 9.17) is 9.98 Å². The van der Waals surface area contributed by atoms with Gasteiger partial charge in [-0.1, -0.05) is 190 Å². The number of allylic oxidation sites excluding steroid dienone is 1. The summed E-state index contributed by atoms with van der Waals surface area (Å²) in [7, 11) is -4.01. The van der Waals surface area contributed by atoms with Gasteiger partial charge in [0, 0.05) is 22.8 Å². The van der Waals surface area contributed by atoms with E-state index in [1.807, 2.05) is 0 Å². The predicted molar refractivity (Wildman–Crippen MR) is 239 cm³/mol. The number of hydrogen-bond acceptors (Lipinski definition) is 2. The summed E-state index contributed by atoms with van der Waals surface area (Å²) in [5, 5.41) is 5.80. The lowest BCUT2D eigenvalue weighted by Crippen LogP contribution is -2.49. The highest BCUT2D eigenvalue weighted by Crippen LogP contribution is 2.40. The summed E-state index contributed by atoms with van der Waals surface area (Å²) in [6, 6.07) is 59.6. The number of amidine groups is 1. The van der Waals surface area contributed by atoms with E-state index >= 15 is 0 Å². The third kappa shape index (κ3) is 5.29. The number of benzene rings is 7. The summed E-state index contributed by atoms with van der Waals surface area (Å²) in [6.07, 6.45) is 2.05. The standard InChI is InChI=1S/C51H40N2Si2/c1-54(2)44-25-15-14-23-40(44)49-47(54)32-28-38(35-19-10-6-11-20-35)50(49)51-52-42(36-21-12-7-13-22-36)29-30-43(53-51)39-24-16-26-46-48(39)41-33-37(34-17-8-5-9-18-34)27-31-45(41)55(46,3)4/h5-29,31-33H,1-4H3. The van der Waals surface area contributed by atoms with Crippen LogP contribution >= 0.6 is 0 Å². The molecule has 0 unspecified atom stereocenters. The van der Waals surface area contributed by atoms with Crippen LogP contribution in [0.1, 0.15) is 16.7 Å². The van der Waals surface area contributed by atoms with Crippen LogP contribution in [0.2, 0.25) is 26.2 Å². The maximum Gasteiger partial charge on any atom is 0.162 e. The van der Waals surface area contributed by atoms with Crippen molar-refractivity contribution in [2.45, 2.75) is 26.2 Å². The Hall–Kier alpha value is -6.17. The van der Waals surface area contributed by atoms with Gasteiger partial charge in [0.2, 0.25) is 0 Å². The van der Waals surface area contributed by atoms with Crippen LogP contribution in [-0.2, 0) is 0 Å². The molecule has 0 radical (unpaired) electrons. The Balaban J connectivity index is 1.27. The summed E-state index contributed by atoms with van der Waals surface area (Å²) in [5.74, 6) is 0.720. The zero-order valence-electron chi connectivity index (χ0n) is 31.6. The Bertz CT molecular complexity index is 2820. The fourth-order valence-electron chi connectivity index (χ4n) is 9.15. The van der Waals surface area contributed by atoms with Gasteiger partial charge < -0.3 is 0 Å². The van der Waals surface area contributed by atoms with E-state index in [-0.39, 0.29) is 0 Å². The van der Waals surface area contributed by atoms with Crippen molar-refractivity contribution in [1.82, 2.24) is 0 Å². The maximum atomic E-state index is 5.69. The molecule has 3 aliphatic rings. The van der Waals surface area contributed by atoms with Crippen molar-refractivity contribution >= 4 is 54.1 Å². The molecule has 0 bridgehead atoms. The molecule has 262 valence electrons. The molecule has 0 aromatic heterocycles. The Morgan fingerprint density at radius 2 is 0.945 bits per heavy atom. The number of rotatable bonds is 5. The van der Waals surface area contributed by atoms with Crippen LogP contribution in [0, 0.1) is 0 Å². The van der Waals surface area contributed by atoms with Crippen LogP contribution < -0.4 is 20.7 Å². The van der Waals surface area contributed by atoms with E-state index < -0.39 is 16.1 Å². The largest absolute Gasteiger partial charge is 0.227 e. The third-order valence-electron chi connectivity index (χ3n) is 12.0. The molecule has 3 aliphatic heterocycles. The first kappa shape index (κ1) is 33.4. The molecule has 0 saturated carbocycles. The highest BCUT2D eigenvalue weighted by Gasteiger charge is 2.41. The fourth-order valence-corrected chi connectivity index (χ4v) is 15.3. The summed E-state index contributed by atoms with van der Waals surface area (Å²) < 4.78 is 0. The zero-order chi connectivity index (χ0) is 37.3. The van der Waals surface area contributed by atoms with Crippen molar-refractivity contribution in [2.75, 3.05) is 0 Å². The summed E-state index contributed by atoms with van der Waals surface area (Å²) in [5.41, 5.74) is 18.6. The van der Waals surface area contributed by atoms with Crippen LogP contribution in [0.3, 0.4) is 0 Å². The third-order valence-corrected chi connectivity index (χ3v) is 19.1. The van der Waals surface area contributed by atoms with Gasteiger partial charge >= 0.3 is 0 Å². The van der Waals surface area contributed by atoms with Gasteiger partial charge in [0.05, 0.1) is 5.71 Å². The van der Waals surface area contributed by atoms with Crippen LogP contribution in [0.4, 0.5) is 0 Å². The normalized spacial score (nSPS) is 15.5. The molecular formula is C51H40N2Si2. The quantitative estimate of drug-likeness (QED) is 0.124. The lowest BCUT2D eigenvalue weighted by molar-refractivity contribution is 1.46. The van der Waals surface area contributed by atoms with E-state index in [0.29, 0.717) is 0 Å². The topological polar surface area (TPSA) is 24.7 Å². The molecule has 0 atom stereocenters. The molecule has 55 heavy (non-hydrogen) atoms. The van der Waals surface area contributed by atoms with Crippen LogP contribution in [-0.4, -0.2) is 27.7 Å². The fraction of sp³-hybridized carbons (Fsp3) is 0.0784. The van der Waals surface area contributed by atoms with Gasteiger partial charge in [-0.15, -0.1) is 0 Å². The van der Waals surface area contributed by atoms with E-state index in [1.165, 1.54) is 54.1 Å². The van der Waals surface area contributed by atoms with E-state index in [9.17, 15) is 0 Å². The highest BCUT2D eigenvalue weighted by atomic mass is 28.3. The minimum absolute atomic E-state index is 0.720. The van der Waals surface area contributed by atoms with Crippen molar-refractivity contribution in [1.29, 1.82) is 0 Å². The second-order valence-corrected chi connectivity index (χ2v) is 24.5. The van der Waals surface area contributed by atoms with Gasteiger partial charge in [-0.25, -0.2) is 9.98 Å². The molecular weight excluding hydrogens is 697 g/mol. The van der Waals surface area contributed by atoms with E-state index in [2.05, 4.69) is 202 Å². The summed E-state index contributed by atoms with van der Waals surface area (Å²) in [6.45, 7) is 9.91. The monoisotopic (exact) mass is 736 g/mol. The molecule has 0 spiro atoms. The van der Waals surface area contributed by atoms with Crippen LogP contribution in [0.5, 0.6) is 0 Å². The van der Waals surface area contributed by atoms with Crippen molar-refractivity contribution < 1.29 is 0 Å². The summed E-state index contributed by atoms with van der Waals surface area (Å²) >= 11 is 0. The molecule has 0 N–H and O–H groups in total. The van der Waals surface area contributed by atoms with Crippen molar-refractivity contribution in [2.24, 2.45) is 9.98 Å². The van der Waals surface area contributed by atoms with E-state index in [1.54, 1.807) is 0 Å². The smallest absolute Gasteiger partial charge is 0.162 e. The molecule has 7 aromatic carbocycles. The number of nitrogens with zero attached hydrogens (tertiary/aromatic N) is 2. The molecule has 0 fully saturated rings. The zero-order valence-corrected chi connectivity index (χ0v) is 33.6. The number of fused-ring (bicyclic) bond motifs is 6. The van der Waals surface area contributed by atoms with Crippen LogP contribution in [0.15, 0.2) is 186 Å². The van der Waals surface area contributed by atoms with Gasteiger partial charge in [0.25, 0.3) is 0 Å². The van der Waals surface area contributed by atoms with Gasteiger partial charge in [-0.05, 0) is 71.3 Å². The Labute approximate surface area is 325 Å². The molecule has 0 amide bonds. The minimum Gasteiger partial charge on any atom is -0.227 e. The SMILES string of the molecule is C[Si]1(C)c2ccc(-c3ccccc3)cc2-c2c(C3=C=CC(c4ccccc4)=NC(c4c(-c5ccccc5)ccc5c4-c4ccccc4[Si]5(C)C)=N3)cccc21. The molecule has 2 nitrogen and oxygen atoms in total. The Morgan fingerprint density at radius 1 is 0.382 bits per heavy atom. The second-order valence-electron chi connectivity index (χ2n) is 15.9. The first-order chi connectivity index (χ1) is 26.8. The average Bonchev–Trinajstić information content (AvgIpc) is 3.46. The van der Waals surface area contributed by atoms with Gasteiger partial charge in [0.15, 0.2) is 5.84 Å². The highest BCUT2D eigenvalue weighted by molar-refractivity contribution is 7.04. The molecule has 0 saturated heterocycles. The molecule has 10 rings (SSSR count). The molecule has 4 heteroatoms. The van der Waals surface area contributed by atoms with Crippen molar-refractivity contribution in [3.05, 3.63) is 192 Å². The molecule has 0 aliphatic carbocycles. The van der Waals surface area contributed by atoms with Gasteiger partial charge in [0.1, 0.15) is 21.8 Å². The average molecular weight is 737 g/mol. The Kier molecular flexibility index (Phi) is 7.72. The first-order valence-corrected chi connectivity index (χ1v) is 25.2. The number of hydrogen-bond donors (Lipinski definition) is 0. The van der Waals surface area contributed by atoms with Gasteiger partial charge in [-0.3, -0.25) is 0 Å². The minimum atomic E-state index is -2.01. The lowest BCUT2D eigenvalue weighted by Gasteiger charge is -2.21. The molecule has 3 heterocycles. The maximum absolute atomic E-state index is 5.69. The predicted octanol–water partition coefficient (Wildman–Crippen LogP) is 10.1. The Morgan fingerprint density at radius 3 is 1.67 bits per heavy atom. The van der Waals surface area contributed by atoms with Crippen molar-refractivity contribution in [3.63, 3.8) is 0 Å². The van der Waals surface area contributed by atoms with E-state index in [0.717, 1.165) is 45.1 Å². The molecule has 7 aromatic rings. The first-order valence-electron chi connectivity index (χ1n) is 19.2. The van der Waals surface area contributed by atoms with Crippen molar-refractivity contribution in [3.8, 4) is 44.5 Å². The van der Waals surface area contributed by atoms with Gasteiger partial charge in [-0.2, -0.15) is 0 Å². The lowest BCUT2D eigenvalue weighted by atomic mass is 9.90. The second kappa shape index (κ2) is 12.7. The number of aliphatic imine (C=N–C) groups is 2. The summed E-state index contributed by atoms with van der Waals surface area (Å²) in [4.78, 5) is 11.2.